The van der Waals surface area contributed by atoms with E-state index in [1.165, 1.54) is 12.1 Å². The monoisotopic (exact) mass is 277 g/mol. The van der Waals surface area contributed by atoms with Crippen LogP contribution in [0.15, 0.2) is 30.5 Å². The second-order valence-corrected chi connectivity index (χ2v) is 3.89. The summed E-state index contributed by atoms with van der Waals surface area (Å²) in [5.74, 6) is -1.78. The van der Waals surface area contributed by atoms with Crippen molar-refractivity contribution in [2.24, 2.45) is 0 Å². The van der Waals surface area contributed by atoms with Crippen molar-refractivity contribution in [3.63, 3.8) is 0 Å². The van der Waals surface area contributed by atoms with Crippen molar-refractivity contribution in [3.8, 4) is 0 Å². The minimum Gasteiger partial charge on any atom is -0.462 e. The highest BCUT2D eigenvalue weighted by Gasteiger charge is 2.20. The number of esters is 1. The van der Waals surface area contributed by atoms with E-state index in [4.69, 9.17) is 10.5 Å². The van der Waals surface area contributed by atoms with Crippen molar-refractivity contribution >= 4 is 17.7 Å². The lowest BCUT2D eigenvalue weighted by Gasteiger charge is -2.04. The molecule has 0 atom stereocenters. The highest BCUT2D eigenvalue weighted by Crippen LogP contribution is 2.15. The van der Waals surface area contributed by atoms with E-state index in [9.17, 15) is 14.0 Å². The summed E-state index contributed by atoms with van der Waals surface area (Å²) in [6, 6.07) is 4.92. The van der Waals surface area contributed by atoms with Crippen molar-refractivity contribution in [3.05, 3.63) is 47.4 Å². The number of aromatic nitrogens is 2. The van der Waals surface area contributed by atoms with E-state index in [2.05, 4.69) is 5.10 Å². The fourth-order valence-corrected chi connectivity index (χ4v) is 1.60. The molecule has 2 N–H and O–H groups in total. The quantitative estimate of drug-likeness (QED) is 0.858. The van der Waals surface area contributed by atoms with E-state index in [-0.39, 0.29) is 23.6 Å². The fraction of sp³-hybridized carbons (Fsp3) is 0.154. The largest absolute Gasteiger partial charge is 0.462 e. The van der Waals surface area contributed by atoms with Gasteiger partial charge in [0.1, 0.15) is 17.2 Å². The standard InChI is InChI=1S/C13H12FN3O3/c1-2-20-13(19)10-7-16-17(11(10)15)12(18)8-3-5-9(14)6-4-8/h3-7H,2,15H2,1H3. The van der Waals surface area contributed by atoms with Gasteiger partial charge in [-0.2, -0.15) is 9.78 Å². The van der Waals surface area contributed by atoms with E-state index >= 15 is 0 Å². The predicted octanol–water partition coefficient (Wildman–Crippen LogP) is 1.47. The van der Waals surface area contributed by atoms with Gasteiger partial charge in [-0.3, -0.25) is 4.79 Å². The van der Waals surface area contributed by atoms with Gasteiger partial charge in [0.2, 0.25) is 0 Å². The van der Waals surface area contributed by atoms with Gasteiger partial charge >= 0.3 is 5.97 Å². The lowest BCUT2D eigenvalue weighted by atomic mass is 10.2. The summed E-state index contributed by atoms with van der Waals surface area (Å²) in [6.07, 6.45) is 1.16. The van der Waals surface area contributed by atoms with E-state index < -0.39 is 17.7 Å². The van der Waals surface area contributed by atoms with Gasteiger partial charge in [0, 0.05) is 5.56 Å². The molecule has 2 rings (SSSR count). The van der Waals surface area contributed by atoms with Gasteiger partial charge < -0.3 is 10.5 Å². The maximum Gasteiger partial charge on any atom is 0.343 e. The molecule has 1 aromatic heterocycles. The highest BCUT2D eigenvalue weighted by molar-refractivity contribution is 6.01. The van der Waals surface area contributed by atoms with Crippen molar-refractivity contribution in [2.75, 3.05) is 12.3 Å². The molecule has 0 aliphatic carbocycles. The molecule has 0 fully saturated rings. The number of nitrogens with two attached hydrogens (primary N) is 1. The topological polar surface area (TPSA) is 87.2 Å². The first-order chi connectivity index (χ1) is 9.54. The van der Waals surface area contributed by atoms with E-state index in [1.54, 1.807) is 6.92 Å². The summed E-state index contributed by atoms with van der Waals surface area (Å²) >= 11 is 0. The average Bonchev–Trinajstić information content (AvgIpc) is 2.81. The number of nitrogens with zero attached hydrogens (tertiary/aromatic N) is 2. The first-order valence-corrected chi connectivity index (χ1v) is 5.85. The maximum absolute atomic E-state index is 12.8. The number of benzene rings is 1. The predicted molar refractivity (Wildman–Crippen MR) is 68.7 cm³/mol. The van der Waals surface area contributed by atoms with Crippen molar-refractivity contribution in [1.29, 1.82) is 0 Å². The number of carbonyl (C=O) groups excluding carboxylic acids is 2. The van der Waals surface area contributed by atoms with Gasteiger partial charge in [-0.1, -0.05) is 0 Å². The number of carbonyl (C=O) groups is 2. The number of rotatable bonds is 3. The van der Waals surface area contributed by atoms with Crippen LogP contribution < -0.4 is 5.73 Å². The lowest BCUT2D eigenvalue weighted by Crippen LogP contribution is -2.17. The molecule has 7 heteroatoms. The summed E-state index contributed by atoms with van der Waals surface area (Å²) in [5.41, 5.74) is 5.93. The second-order valence-electron chi connectivity index (χ2n) is 3.89. The van der Waals surface area contributed by atoms with Crippen LogP contribution in [0.1, 0.15) is 27.6 Å². The molecule has 0 radical (unpaired) electrons. The van der Waals surface area contributed by atoms with Crippen molar-refractivity contribution < 1.29 is 18.7 Å². The number of hydrogen-bond acceptors (Lipinski definition) is 5. The molecule has 0 amide bonds. The van der Waals surface area contributed by atoms with Crippen LogP contribution in [-0.4, -0.2) is 28.3 Å². The SMILES string of the molecule is CCOC(=O)c1cnn(C(=O)c2ccc(F)cc2)c1N. The van der Waals surface area contributed by atoms with Gasteiger partial charge in [-0.05, 0) is 31.2 Å². The minimum atomic E-state index is -0.650. The maximum atomic E-state index is 12.8. The Morgan fingerprint density at radius 3 is 2.60 bits per heavy atom. The molecule has 6 nitrogen and oxygen atoms in total. The van der Waals surface area contributed by atoms with Gasteiger partial charge in [0.15, 0.2) is 0 Å². The summed E-state index contributed by atoms with van der Waals surface area (Å²) < 4.78 is 18.5. The Morgan fingerprint density at radius 1 is 1.35 bits per heavy atom. The second kappa shape index (κ2) is 5.52. The summed E-state index contributed by atoms with van der Waals surface area (Å²) in [6.45, 7) is 1.84. The first kappa shape index (κ1) is 13.7. The summed E-state index contributed by atoms with van der Waals surface area (Å²) in [5, 5.41) is 3.77. The zero-order chi connectivity index (χ0) is 14.7. The Balaban J connectivity index is 2.32. The Labute approximate surface area is 113 Å². The molecule has 0 aliphatic rings. The van der Waals surface area contributed by atoms with Crippen LogP contribution in [0.4, 0.5) is 10.2 Å². The molecule has 1 heterocycles. The molecule has 0 aliphatic heterocycles. The van der Waals surface area contributed by atoms with Crippen molar-refractivity contribution in [1.82, 2.24) is 9.78 Å². The molecular formula is C13H12FN3O3. The molecule has 0 bridgehead atoms. The molecule has 1 aromatic carbocycles. The van der Waals surface area contributed by atoms with Gasteiger partial charge in [0.05, 0.1) is 12.8 Å². The van der Waals surface area contributed by atoms with Crippen LogP contribution in [-0.2, 0) is 4.74 Å². The van der Waals surface area contributed by atoms with Crippen LogP contribution in [0.25, 0.3) is 0 Å². The van der Waals surface area contributed by atoms with Crippen LogP contribution in [0.3, 0.4) is 0 Å². The van der Waals surface area contributed by atoms with E-state index in [1.807, 2.05) is 0 Å². The Kier molecular flexibility index (Phi) is 3.79. The minimum absolute atomic E-state index is 0.0160. The molecule has 0 spiro atoms. The third kappa shape index (κ3) is 2.51. The molecule has 104 valence electrons. The first-order valence-electron chi connectivity index (χ1n) is 5.85. The Morgan fingerprint density at radius 2 is 2.00 bits per heavy atom. The number of ether oxygens (including phenoxy) is 1. The normalized spacial score (nSPS) is 10.3. The highest BCUT2D eigenvalue weighted by atomic mass is 19.1. The third-order valence-electron chi connectivity index (χ3n) is 2.59. The zero-order valence-corrected chi connectivity index (χ0v) is 10.7. The Hall–Kier alpha value is -2.70. The zero-order valence-electron chi connectivity index (χ0n) is 10.7. The van der Waals surface area contributed by atoms with Gasteiger partial charge in [-0.25, -0.2) is 9.18 Å². The molecule has 2 aromatic rings. The number of hydrogen-bond donors (Lipinski definition) is 1. The van der Waals surface area contributed by atoms with Crippen molar-refractivity contribution in [2.45, 2.75) is 6.92 Å². The van der Waals surface area contributed by atoms with Gasteiger partial charge in [-0.15, -0.1) is 0 Å². The third-order valence-corrected chi connectivity index (χ3v) is 2.59. The van der Waals surface area contributed by atoms with E-state index in [0.717, 1.165) is 23.0 Å². The number of halogens is 1. The smallest absolute Gasteiger partial charge is 0.343 e. The lowest BCUT2D eigenvalue weighted by molar-refractivity contribution is 0.0527. The fourth-order valence-electron chi connectivity index (χ4n) is 1.60. The summed E-state index contributed by atoms with van der Waals surface area (Å²) in [7, 11) is 0. The summed E-state index contributed by atoms with van der Waals surface area (Å²) in [4.78, 5) is 23.7. The van der Waals surface area contributed by atoms with Crippen LogP contribution in [0, 0.1) is 5.82 Å². The number of anilines is 1. The molecule has 0 saturated carbocycles. The van der Waals surface area contributed by atoms with Crippen LogP contribution in [0.5, 0.6) is 0 Å². The van der Waals surface area contributed by atoms with Gasteiger partial charge in [0.25, 0.3) is 5.91 Å². The molecule has 0 saturated heterocycles. The van der Waals surface area contributed by atoms with Crippen LogP contribution >= 0.6 is 0 Å². The molecular weight excluding hydrogens is 265 g/mol. The Bertz CT molecular complexity index is 649. The average molecular weight is 277 g/mol. The van der Waals surface area contributed by atoms with E-state index in [0.29, 0.717) is 0 Å². The number of nitrogen functional groups attached to an aromatic ring is 1. The molecule has 20 heavy (non-hydrogen) atoms. The van der Waals surface area contributed by atoms with Crippen LogP contribution in [0.2, 0.25) is 0 Å². The molecule has 0 unspecified atom stereocenters.